The van der Waals surface area contributed by atoms with E-state index in [2.05, 4.69) is 65.6 Å². The lowest BCUT2D eigenvalue weighted by molar-refractivity contribution is 0.299. The zero-order chi connectivity index (χ0) is 20.4. The van der Waals surface area contributed by atoms with E-state index in [0.29, 0.717) is 19.0 Å². The number of nitrogens with one attached hydrogen (secondary N) is 2. The lowest BCUT2D eigenvalue weighted by atomic mass is 10.0. The maximum Gasteiger partial charge on any atom is 0.191 e. The molecule has 0 radical (unpaired) electrons. The van der Waals surface area contributed by atoms with Gasteiger partial charge in [-0.15, -0.1) is 24.0 Å². The standard InChI is InChI=1S/C21H36N4O2S.HI/c1-4-22-21(24-12-13-25-14-16-28(26,27)17-15-25)23-11-5-6-19-7-9-20(10-8-19)18(2)3;/h7-10,18H,4-6,11-17H2,1-3H3,(H2,22,23,24);1H. The lowest BCUT2D eigenvalue weighted by Gasteiger charge is -2.26. The van der Waals surface area contributed by atoms with Gasteiger partial charge in [0.2, 0.25) is 0 Å². The smallest absolute Gasteiger partial charge is 0.191 e. The molecule has 0 bridgehead atoms. The van der Waals surface area contributed by atoms with Gasteiger partial charge in [-0.25, -0.2) is 8.42 Å². The fraction of sp³-hybridized carbons (Fsp3) is 0.667. The number of nitrogens with zero attached hydrogens (tertiary/aromatic N) is 2. The van der Waals surface area contributed by atoms with E-state index in [9.17, 15) is 8.42 Å². The van der Waals surface area contributed by atoms with Crippen molar-refractivity contribution in [3.8, 4) is 0 Å². The maximum atomic E-state index is 11.5. The van der Waals surface area contributed by atoms with Crippen molar-refractivity contribution in [3.63, 3.8) is 0 Å². The van der Waals surface area contributed by atoms with Crippen molar-refractivity contribution in [1.29, 1.82) is 0 Å². The minimum atomic E-state index is -2.81. The molecular weight excluding hydrogens is 499 g/mol. The van der Waals surface area contributed by atoms with E-state index in [4.69, 9.17) is 0 Å². The van der Waals surface area contributed by atoms with E-state index in [1.165, 1.54) is 11.1 Å². The molecule has 2 N–H and O–H groups in total. The molecule has 0 amide bonds. The third-order valence-corrected chi connectivity index (χ3v) is 6.65. The van der Waals surface area contributed by atoms with Crippen LogP contribution in [0.3, 0.4) is 0 Å². The van der Waals surface area contributed by atoms with Crippen LogP contribution in [-0.2, 0) is 16.3 Å². The average Bonchev–Trinajstić information content (AvgIpc) is 2.67. The summed E-state index contributed by atoms with van der Waals surface area (Å²) in [5.41, 5.74) is 2.74. The second-order valence-electron chi connectivity index (χ2n) is 7.68. The monoisotopic (exact) mass is 536 g/mol. The minimum absolute atomic E-state index is 0. The molecule has 0 spiro atoms. The van der Waals surface area contributed by atoms with Gasteiger partial charge in [-0.3, -0.25) is 9.89 Å². The number of benzene rings is 1. The van der Waals surface area contributed by atoms with E-state index in [-0.39, 0.29) is 35.5 Å². The molecule has 0 saturated carbocycles. The lowest BCUT2D eigenvalue weighted by Crippen LogP contribution is -2.46. The predicted octanol–water partition coefficient (Wildman–Crippen LogP) is 2.65. The Bertz CT molecular complexity index is 707. The SMILES string of the molecule is CCNC(=NCCCc1ccc(C(C)C)cc1)NCCN1CCS(=O)(=O)CC1.I. The Hall–Kier alpha value is -0.870. The van der Waals surface area contributed by atoms with Crippen LogP contribution in [0.2, 0.25) is 0 Å². The fourth-order valence-corrected chi connectivity index (χ4v) is 4.47. The molecule has 1 aliphatic rings. The van der Waals surface area contributed by atoms with Crippen molar-refractivity contribution in [2.75, 3.05) is 50.8 Å². The summed E-state index contributed by atoms with van der Waals surface area (Å²) in [7, 11) is -2.81. The molecule has 1 aromatic carbocycles. The first kappa shape index (κ1) is 26.2. The van der Waals surface area contributed by atoms with E-state index < -0.39 is 9.84 Å². The summed E-state index contributed by atoms with van der Waals surface area (Å²) < 4.78 is 23.0. The molecule has 1 heterocycles. The number of halogens is 1. The molecule has 29 heavy (non-hydrogen) atoms. The number of guanidine groups is 1. The molecule has 0 atom stereocenters. The van der Waals surface area contributed by atoms with Gasteiger partial charge in [0.15, 0.2) is 15.8 Å². The van der Waals surface area contributed by atoms with Gasteiger partial charge in [-0.1, -0.05) is 38.1 Å². The molecule has 8 heteroatoms. The molecule has 0 aliphatic carbocycles. The zero-order valence-electron chi connectivity index (χ0n) is 18.0. The van der Waals surface area contributed by atoms with Crippen LogP contribution in [0, 0.1) is 0 Å². The highest BCUT2D eigenvalue weighted by Gasteiger charge is 2.20. The molecule has 2 rings (SSSR count). The second kappa shape index (κ2) is 13.4. The molecule has 1 aliphatic heterocycles. The third kappa shape index (κ3) is 10.1. The summed E-state index contributed by atoms with van der Waals surface area (Å²) in [5, 5.41) is 6.63. The van der Waals surface area contributed by atoms with Gasteiger partial charge in [-0.2, -0.15) is 0 Å². The van der Waals surface area contributed by atoms with Gasteiger partial charge in [0.05, 0.1) is 11.5 Å². The Morgan fingerprint density at radius 2 is 1.79 bits per heavy atom. The molecule has 1 aromatic rings. The Balaban J connectivity index is 0.00000420. The van der Waals surface area contributed by atoms with Crippen LogP contribution < -0.4 is 10.6 Å². The van der Waals surface area contributed by atoms with Gasteiger partial charge in [-0.05, 0) is 36.8 Å². The highest BCUT2D eigenvalue weighted by molar-refractivity contribution is 14.0. The number of aryl methyl sites for hydroxylation is 1. The van der Waals surface area contributed by atoms with Crippen LogP contribution in [0.5, 0.6) is 0 Å². The van der Waals surface area contributed by atoms with Gasteiger partial charge >= 0.3 is 0 Å². The predicted molar refractivity (Wildman–Crippen MR) is 133 cm³/mol. The first-order chi connectivity index (χ1) is 13.4. The van der Waals surface area contributed by atoms with Crippen molar-refractivity contribution in [1.82, 2.24) is 15.5 Å². The van der Waals surface area contributed by atoms with Gasteiger partial charge < -0.3 is 10.6 Å². The van der Waals surface area contributed by atoms with Crippen LogP contribution in [0.15, 0.2) is 29.3 Å². The molecule has 1 saturated heterocycles. The highest BCUT2D eigenvalue weighted by Crippen LogP contribution is 2.15. The van der Waals surface area contributed by atoms with Gasteiger partial charge in [0.25, 0.3) is 0 Å². The third-order valence-electron chi connectivity index (χ3n) is 5.04. The Morgan fingerprint density at radius 1 is 1.14 bits per heavy atom. The quantitative estimate of drug-likeness (QED) is 0.220. The van der Waals surface area contributed by atoms with Crippen molar-refractivity contribution < 1.29 is 8.42 Å². The largest absolute Gasteiger partial charge is 0.357 e. The first-order valence-corrected chi connectivity index (χ1v) is 12.3. The second-order valence-corrected chi connectivity index (χ2v) is 9.98. The number of hydrogen-bond acceptors (Lipinski definition) is 4. The zero-order valence-corrected chi connectivity index (χ0v) is 21.1. The summed E-state index contributed by atoms with van der Waals surface area (Å²) in [6, 6.07) is 8.89. The van der Waals surface area contributed by atoms with E-state index in [1.54, 1.807) is 0 Å². The van der Waals surface area contributed by atoms with Gasteiger partial charge in [0.1, 0.15) is 0 Å². The van der Waals surface area contributed by atoms with Crippen LogP contribution >= 0.6 is 24.0 Å². The normalized spacial score (nSPS) is 17.0. The van der Waals surface area contributed by atoms with E-state index in [1.807, 2.05) is 0 Å². The van der Waals surface area contributed by atoms with Crippen LogP contribution in [0.1, 0.15) is 44.2 Å². The van der Waals surface area contributed by atoms with Gasteiger partial charge in [0, 0.05) is 39.3 Å². The summed E-state index contributed by atoms with van der Waals surface area (Å²) in [6.07, 6.45) is 2.05. The van der Waals surface area contributed by atoms with Crippen LogP contribution in [-0.4, -0.2) is 70.1 Å². The van der Waals surface area contributed by atoms with Crippen molar-refractivity contribution in [2.45, 2.75) is 39.5 Å². The average molecular weight is 537 g/mol. The molecule has 6 nitrogen and oxygen atoms in total. The van der Waals surface area contributed by atoms with Crippen molar-refractivity contribution >= 4 is 39.8 Å². The molecule has 0 aromatic heterocycles. The Morgan fingerprint density at radius 3 is 2.38 bits per heavy atom. The molecule has 166 valence electrons. The molecular formula is C21H37IN4O2S. The first-order valence-electron chi connectivity index (χ1n) is 10.4. The van der Waals surface area contributed by atoms with E-state index >= 15 is 0 Å². The van der Waals surface area contributed by atoms with Crippen molar-refractivity contribution in [2.24, 2.45) is 4.99 Å². The maximum absolute atomic E-state index is 11.5. The minimum Gasteiger partial charge on any atom is -0.357 e. The topological polar surface area (TPSA) is 73.8 Å². The van der Waals surface area contributed by atoms with Crippen molar-refractivity contribution in [3.05, 3.63) is 35.4 Å². The summed E-state index contributed by atoms with van der Waals surface area (Å²) in [4.78, 5) is 6.85. The van der Waals surface area contributed by atoms with Crippen LogP contribution in [0.4, 0.5) is 0 Å². The summed E-state index contributed by atoms with van der Waals surface area (Å²) in [6.45, 7) is 11.0. The summed E-state index contributed by atoms with van der Waals surface area (Å²) >= 11 is 0. The highest BCUT2D eigenvalue weighted by atomic mass is 127. The Kier molecular flexibility index (Phi) is 12.1. The summed E-state index contributed by atoms with van der Waals surface area (Å²) in [5.74, 6) is 1.96. The number of hydrogen-bond donors (Lipinski definition) is 2. The number of rotatable bonds is 9. The number of aliphatic imine (C=N–C) groups is 1. The van der Waals surface area contributed by atoms with E-state index in [0.717, 1.165) is 45.0 Å². The molecule has 0 unspecified atom stereocenters. The Labute approximate surface area is 193 Å². The fourth-order valence-electron chi connectivity index (χ4n) is 3.19. The molecule has 1 fully saturated rings. The number of sulfone groups is 1. The van der Waals surface area contributed by atoms with Crippen LogP contribution in [0.25, 0.3) is 0 Å².